The lowest BCUT2D eigenvalue weighted by Gasteiger charge is -2.08. The highest BCUT2D eigenvalue weighted by Gasteiger charge is 2.08. The average molecular weight is 284 g/mol. The molecule has 0 amide bonds. The van der Waals surface area contributed by atoms with E-state index >= 15 is 0 Å². The molecular weight excluding hydrogens is 268 g/mol. The summed E-state index contributed by atoms with van der Waals surface area (Å²) in [6, 6.07) is 7.59. The number of imidazole rings is 1. The number of benzene rings is 1. The van der Waals surface area contributed by atoms with E-state index in [0.29, 0.717) is 12.4 Å². The largest absolute Gasteiger partial charge is 0.497 e. The molecule has 2 N–H and O–H groups in total. The van der Waals surface area contributed by atoms with Crippen molar-refractivity contribution in [3.8, 4) is 5.75 Å². The molecule has 1 aromatic carbocycles. The van der Waals surface area contributed by atoms with Gasteiger partial charge in [0.1, 0.15) is 11.6 Å². The molecule has 0 unspecified atom stereocenters. The molecule has 3 rings (SSSR count). The van der Waals surface area contributed by atoms with Crippen molar-refractivity contribution < 1.29 is 4.74 Å². The maximum atomic E-state index is 11.9. The summed E-state index contributed by atoms with van der Waals surface area (Å²) < 4.78 is 8.30. The van der Waals surface area contributed by atoms with Crippen LogP contribution in [0.15, 0.2) is 41.5 Å². The van der Waals surface area contributed by atoms with Crippen LogP contribution in [-0.2, 0) is 13.6 Å². The highest BCUT2D eigenvalue weighted by Crippen LogP contribution is 2.23. The first-order chi connectivity index (χ1) is 10.1. The normalized spacial score (nSPS) is 11.0. The molecule has 6 heteroatoms. The lowest BCUT2D eigenvalue weighted by molar-refractivity contribution is 0.415. The third-order valence-corrected chi connectivity index (χ3v) is 3.50. The summed E-state index contributed by atoms with van der Waals surface area (Å²) >= 11 is 0. The first kappa shape index (κ1) is 13.2. The summed E-state index contributed by atoms with van der Waals surface area (Å²) in [5, 5.41) is 0.962. The summed E-state index contributed by atoms with van der Waals surface area (Å²) in [5.41, 5.74) is 7.52. The van der Waals surface area contributed by atoms with Crippen molar-refractivity contribution in [1.82, 2.24) is 14.1 Å². The van der Waals surface area contributed by atoms with Crippen LogP contribution in [-0.4, -0.2) is 21.2 Å². The molecule has 2 aromatic heterocycles. The third-order valence-electron chi connectivity index (χ3n) is 3.50. The Morgan fingerprint density at radius 2 is 2.10 bits per heavy atom. The fraction of sp³-hybridized carbons (Fsp3) is 0.200. The molecule has 0 fully saturated rings. The Bertz CT molecular complexity index is 864. The molecule has 21 heavy (non-hydrogen) atoms. The highest BCUT2D eigenvalue weighted by atomic mass is 16.5. The van der Waals surface area contributed by atoms with Gasteiger partial charge in [-0.25, -0.2) is 9.78 Å². The van der Waals surface area contributed by atoms with Gasteiger partial charge < -0.3 is 15.0 Å². The van der Waals surface area contributed by atoms with Crippen LogP contribution in [0.4, 0.5) is 5.82 Å². The van der Waals surface area contributed by atoms with E-state index < -0.39 is 0 Å². The number of hydrogen-bond donors (Lipinski definition) is 1. The van der Waals surface area contributed by atoms with Crippen molar-refractivity contribution in [2.45, 2.75) is 6.54 Å². The zero-order valence-corrected chi connectivity index (χ0v) is 11.9. The summed E-state index contributed by atoms with van der Waals surface area (Å²) in [6.07, 6.45) is 3.46. The Balaban J connectivity index is 2.05. The molecule has 0 spiro atoms. The number of fused-ring (bicyclic) bond motifs is 1. The predicted molar refractivity (Wildman–Crippen MR) is 81.5 cm³/mol. The van der Waals surface area contributed by atoms with Crippen molar-refractivity contribution in [2.24, 2.45) is 7.05 Å². The Morgan fingerprint density at radius 3 is 2.76 bits per heavy atom. The number of nitrogens with zero attached hydrogens (tertiary/aromatic N) is 3. The van der Waals surface area contributed by atoms with Crippen molar-refractivity contribution >= 4 is 16.7 Å². The molecule has 108 valence electrons. The van der Waals surface area contributed by atoms with Gasteiger partial charge in [-0.05, 0) is 18.2 Å². The van der Waals surface area contributed by atoms with Crippen LogP contribution in [0.3, 0.4) is 0 Å². The van der Waals surface area contributed by atoms with E-state index in [4.69, 9.17) is 10.5 Å². The van der Waals surface area contributed by atoms with E-state index in [1.165, 1.54) is 4.57 Å². The van der Waals surface area contributed by atoms with Gasteiger partial charge in [0, 0.05) is 36.5 Å². The Hall–Kier alpha value is -2.76. The van der Waals surface area contributed by atoms with Gasteiger partial charge in [0.2, 0.25) is 0 Å². The van der Waals surface area contributed by atoms with Crippen molar-refractivity contribution in [2.75, 3.05) is 12.8 Å². The van der Waals surface area contributed by atoms with Gasteiger partial charge in [-0.1, -0.05) is 0 Å². The van der Waals surface area contributed by atoms with Crippen LogP contribution >= 0.6 is 0 Å². The van der Waals surface area contributed by atoms with Crippen LogP contribution in [0, 0.1) is 0 Å². The number of aromatic nitrogens is 3. The average Bonchev–Trinajstić information content (AvgIpc) is 2.79. The summed E-state index contributed by atoms with van der Waals surface area (Å²) in [5.74, 6) is 1.16. The molecule has 2 heterocycles. The standard InChI is InChI=1S/C15H16N4O2/c1-18-5-6-19(15(18)20)9-11-7-10-3-4-12(21-2)8-13(10)17-14(11)16/h3-8H,9H2,1-2H3,(H2,16,17). The van der Waals surface area contributed by atoms with Gasteiger partial charge >= 0.3 is 5.69 Å². The van der Waals surface area contributed by atoms with Gasteiger partial charge in [-0.3, -0.25) is 4.57 Å². The fourth-order valence-electron chi connectivity index (χ4n) is 2.27. The minimum Gasteiger partial charge on any atom is -0.497 e. The van der Waals surface area contributed by atoms with E-state index in [1.807, 2.05) is 24.3 Å². The van der Waals surface area contributed by atoms with Crippen molar-refractivity contribution in [3.05, 3.63) is 52.7 Å². The molecule has 0 bridgehead atoms. The number of nitrogen functional groups attached to an aromatic ring is 1. The maximum Gasteiger partial charge on any atom is 0.328 e. The van der Waals surface area contributed by atoms with E-state index in [1.54, 1.807) is 31.1 Å². The second kappa shape index (κ2) is 4.97. The van der Waals surface area contributed by atoms with E-state index in [0.717, 1.165) is 22.2 Å². The van der Waals surface area contributed by atoms with Crippen molar-refractivity contribution in [3.63, 3.8) is 0 Å². The van der Waals surface area contributed by atoms with E-state index in [9.17, 15) is 4.79 Å². The van der Waals surface area contributed by atoms with Gasteiger partial charge in [0.05, 0.1) is 19.2 Å². The fourth-order valence-corrected chi connectivity index (χ4v) is 2.27. The topological polar surface area (TPSA) is 75.1 Å². The number of methoxy groups -OCH3 is 1. The minimum absolute atomic E-state index is 0.0794. The van der Waals surface area contributed by atoms with Crippen LogP contribution in [0.1, 0.15) is 5.56 Å². The lowest BCUT2D eigenvalue weighted by atomic mass is 10.1. The zero-order chi connectivity index (χ0) is 15.0. The molecule has 0 saturated heterocycles. The van der Waals surface area contributed by atoms with Gasteiger partial charge in [0.15, 0.2) is 0 Å². The Morgan fingerprint density at radius 1 is 1.29 bits per heavy atom. The van der Waals surface area contributed by atoms with Crippen LogP contribution in [0.5, 0.6) is 5.75 Å². The molecule has 0 aliphatic heterocycles. The zero-order valence-electron chi connectivity index (χ0n) is 11.9. The molecule has 0 radical (unpaired) electrons. The summed E-state index contributed by atoms with van der Waals surface area (Å²) in [6.45, 7) is 0.403. The SMILES string of the molecule is COc1ccc2cc(Cn3ccn(C)c3=O)c(N)nc2c1. The molecule has 0 aliphatic rings. The number of anilines is 1. The number of rotatable bonds is 3. The molecular formula is C15H16N4O2. The molecule has 6 nitrogen and oxygen atoms in total. The second-order valence-electron chi connectivity index (χ2n) is 4.91. The quantitative estimate of drug-likeness (QED) is 0.788. The summed E-state index contributed by atoms with van der Waals surface area (Å²) in [7, 11) is 3.33. The Labute approximate surface area is 121 Å². The molecule has 3 aromatic rings. The molecule has 0 saturated carbocycles. The number of aryl methyl sites for hydroxylation is 1. The molecule has 0 aliphatic carbocycles. The second-order valence-corrected chi connectivity index (χ2v) is 4.91. The third kappa shape index (κ3) is 2.35. The Kier molecular flexibility index (Phi) is 3.13. The van der Waals surface area contributed by atoms with Gasteiger partial charge in [-0.2, -0.15) is 0 Å². The number of ether oxygens (including phenoxy) is 1. The number of nitrogens with two attached hydrogens (primary N) is 1. The van der Waals surface area contributed by atoms with Crippen LogP contribution in [0.2, 0.25) is 0 Å². The van der Waals surface area contributed by atoms with Crippen molar-refractivity contribution in [1.29, 1.82) is 0 Å². The van der Waals surface area contributed by atoms with Crippen LogP contribution in [0.25, 0.3) is 10.9 Å². The predicted octanol–water partition coefficient (Wildman–Crippen LogP) is 1.37. The van der Waals surface area contributed by atoms with E-state index in [2.05, 4.69) is 4.98 Å². The number of hydrogen-bond acceptors (Lipinski definition) is 4. The summed E-state index contributed by atoms with van der Waals surface area (Å²) in [4.78, 5) is 16.3. The lowest BCUT2D eigenvalue weighted by Crippen LogP contribution is -2.22. The van der Waals surface area contributed by atoms with Gasteiger partial charge in [-0.15, -0.1) is 0 Å². The van der Waals surface area contributed by atoms with Gasteiger partial charge in [0.25, 0.3) is 0 Å². The highest BCUT2D eigenvalue weighted by molar-refractivity contribution is 5.82. The molecule has 0 atom stereocenters. The maximum absolute atomic E-state index is 11.9. The smallest absolute Gasteiger partial charge is 0.328 e. The monoisotopic (exact) mass is 284 g/mol. The van der Waals surface area contributed by atoms with Crippen LogP contribution < -0.4 is 16.2 Å². The van der Waals surface area contributed by atoms with E-state index in [-0.39, 0.29) is 5.69 Å². The number of pyridine rings is 1. The first-order valence-corrected chi connectivity index (χ1v) is 6.53. The minimum atomic E-state index is -0.0794. The first-order valence-electron chi connectivity index (χ1n) is 6.53.